The fraction of sp³-hybridized carbons (Fsp3) is 0. The second kappa shape index (κ2) is 5.87. The summed E-state index contributed by atoms with van der Waals surface area (Å²) in [5, 5.41) is 12.1. The van der Waals surface area contributed by atoms with Gasteiger partial charge in [0, 0.05) is 13.4 Å². The van der Waals surface area contributed by atoms with E-state index < -0.39 is 0 Å². The van der Waals surface area contributed by atoms with Gasteiger partial charge in [-0.05, 0) is 68.3 Å². The molecule has 0 atom stereocenters. The third-order valence-electron chi connectivity index (χ3n) is 2.30. The van der Waals surface area contributed by atoms with Crippen LogP contribution in [0.1, 0.15) is 5.56 Å². The average Bonchev–Trinajstić information content (AvgIpc) is 2.34. The number of anilines is 2. The fourth-order valence-corrected chi connectivity index (χ4v) is 3.05. The molecule has 0 aromatic heterocycles. The zero-order valence-corrected chi connectivity index (χ0v) is 13.8. The van der Waals surface area contributed by atoms with Crippen molar-refractivity contribution in [1.82, 2.24) is 0 Å². The van der Waals surface area contributed by atoms with Gasteiger partial charge >= 0.3 is 0 Å². The van der Waals surface area contributed by atoms with E-state index in [-0.39, 0.29) is 0 Å². The molecule has 2 aromatic rings. The molecule has 0 unspecified atom stereocenters. The Hall–Kier alpha value is -0.830. The van der Waals surface area contributed by atoms with E-state index in [1.54, 1.807) is 12.1 Å². The van der Waals surface area contributed by atoms with Crippen LogP contribution < -0.4 is 5.32 Å². The van der Waals surface area contributed by atoms with Crippen LogP contribution in [-0.4, -0.2) is 0 Å². The molecule has 5 heteroatoms. The number of rotatable bonds is 2. The van der Waals surface area contributed by atoms with Gasteiger partial charge in [-0.15, -0.1) is 0 Å². The van der Waals surface area contributed by atoms with Crippen molar-refractivity contribution in [1.29, 1.82) is 5.26 Å². The number of nitriles is 1. The maximum absolute atomic E-state index is 8.81. The zero-order valence-electron chi connectivity index (χ0n) is 9.05. The van der Waals surface area contributed by atoms with Crippen LogP contribution in [0, 0.1) is 11.3 Å². The van der Waals surface area contributed by atoms with Crippen molar-refractivity contribution in [3.63, 3.8) is 0 Å². The predicted molar refractivity (Wildman–Crippen MR) is 84.0 cm³/mol. The van der Waals surface area contributed by atoms with Crippen LogP contribution in [-0.2, 0) is 0 Å². The van der Waals surface area contributed by atoms with Gasteiger partial charge in [-0.3, -0.25) is 0 Å². The van der Waals surface area contributed by atoms with Crippen molar-refractivity contribution in [2.75, 3.05) is 5.32 Å². The number of nitrogens with one attached hydrogen (secondary N) is 1. The first-order valence-corrected chi connectivity index (χ1v) is 7.40. The smallest absolute Gasteiger partial charge is 0.0992 e. The Balaban J connectivity index is 2.32. The van der Waals surface area contributed by atoms with Crippen LogP contribution in [0.4, 0.5) is 11.4 Å². The minimum Gasteiger partial charge on any atom is -0.354 e. The highest BCUT2D eigenvalue weighted by molar-refractivity contribution is 9.11. The van der Waals surface area contributed by atoms with E-state index in [1.165, 1.54) is 0 Å². The molecule has 0 saturated heterocycles. The SMILES string of the molecule is N#Cc1ccc(Nc2ccc(Br)cc2Br)c(Br)c1. The minimum atomic E-state index is 0.627. The number of benzene rings is 2. The lowest BCUT2D eigenvalue weighted by Gasteiger charge is -2.10. The summed E-state index contributed by atoms with van der Waals surface area (Å²) in [4.78, 5) is 0. The summed E-state index contributed by atoms with van der Waals surface area (Å²) in [6, 6.07) is 13.4. The van der Waals surface area contributed by atoms with Crippen LogP contribution in [0.5, 0.6) is 0 Å². The fourth-order valence-electron chi connectivity index (χ4n) is 1.42. The molecular formula is C13H7Br3N2. The molecule has 1 N–H and O–H groups in total. The molecule has 0 heterocycles. The first-order valence-electron chi connectivity index (χ1n) is 5.02. The Kier molecular flexibility index (Phi) is 4.44. The third kappa shape index (κ3) is 3.14. The number of halogens is 3. The van der Waals surface area contributed by atoms with E-state index in [0.717, 1.165) is 24.8 Å². The van der Waals surface area contributed by atoms with E-state index in [2.05, 4.69) is 59.2 Å². The van der Waals surface area contributed by atoms with Crippen molar-refractivity contribution < 1.29 is 0 Å². The molecular weight excluding hydrogens is 424 g/mol. The molecule has 0 fully saturated rings. The van der Waals surface area contributed by atoms with Gasteiger partial charge in [-0.2, -0.15) is 5.26 Å². The van der Waals surface area contributed by atoms with Crippen molar-refractivity contribution in [3.8, 4) is 6.07 Å². The van der Waals surface area contributed by atoms with Gasteiger partial charge in [0.15, 0.2) is 0 Å². The maximum Gasteiger partial charge on any atom is 0.0992 e. The molecule has 90 valence electrons. The van der Waals surface area contributed by atoms with Crippen molar-refractivity contribution in [2.24, 2.45) is 0 Å². The van der Waals surface area contributed by atoms with Gasteiger partial charge in [0.05, 0.1) is 23.0 Å². The molecule has 0 aliphatic heterocycles. The van der Waals surface area contributed by atoms with Gasteiger partial charge in [0.2, 0.25) is 0 Å². The maximum atomic E-state index is 8.81. The normalized spacial score (nSPS) is 9.89. The van der Waals surface area contributed by atoms with E-state index in [4.69, 9.17) is 5.26 Å². The quantitative estimate of drug-likeness (QED) is 0.674. The van der Waals surface area contributed by atoms with Crippen molar-refractivity contribution >= 4 is 59.2 Å². The molecule has 0 amide bonds. The second-order valence-electron chi connectivity index (χ2n) is 3.56. The minimum absolute atomic E-state index is 0.627. The van der Waals surface area contributed by atoms with Gasteiger partial charge in [0.25, 0.3) is 0 Å². The first kappa shape index (κ1) is 13.6. The summed E-state index contributed by atoms with van der Waals surface area (Å²) >= 11 is 10.4. The first-order chi connectivity index (χ1) is 8.60. The molecule has 0 bridgehead atoms. The molecule has 2 rings (SSSR count). The summed E-state index contributed by atoms with van der Waals surface area (Å²) in [7, 11) is 0. The lowest BCUT2D eigenvalue weighted by atomic mass is 10.2. The van der Waals surface area contributed by atoms with E-state index in [0.29, 0.717) is 5.56 Å². The summed E-state index contributed by atoms with van der Waals surface area (Å²) < 4.78 is 2.84. The Morgan fingerprint density at radius 1 is 0.889 bits per heavy atom. The topological polar surface area (TPSA) is 35.8 Å². The van der Waals surface area contributed by atoms with E-state index in [9.17, 15) is 0 Å². The highest BCUT2D eigenvalue weighted by Crippen LogP contribution is 2.32. The van der Waals surface area contributed by atoms with Gasteiger partial charge in [-0.25, -0.2) is 0 Å². The third-order valence-corrected chi connectivity index (χ3v) is 4.10. The molecule has 2 aromatic carbocycles. The monoisotopic (exact) mass is 428 g/mol. The van der Waals surface area contributed by atoms with Gasteiger partial charge < -0.3 is 5.32 Å². The average molecular weight is 431 g/mol. The molecule has 0 saturated carbocycles. The van der Waals surface area contributed by atoms with Gasteiger partial charge in [-0.1, -0.05) is 15.9 Å². The summed E-state index contributed by atoms with van der Waals surface area (Å²) in [5.74, 6) is 0. The van der Waals surface area contributed by atoms with Crippen LogP contribution >= 0.6 is 47.8 Å². The zero-order chi connectivity index (χ0) is 13.1. The standard InChI is InChI=1S/C13H7Br3N2/c14-9-2-4-13(11(16)6-9)18-12-3-1-8(7-17)5-10(12)15/h1-6,18H. The number of hydrogen-bond acceptors (Lipinski definition) is 2. The number of hydrogen-bond donors (Lipinski definition) is 1. The van der Waals surface area contributed by atoms with Crippen LogP contribution in [0.15, 0.2) is 49.8 Å². The molecule has 18 heavy (non-hydrogen) atoms. The Labute approximate surface area is 130 Å². The Bertz CT molecular complexity index is 633. The van der Waals surface area contributed by atoms with Crippen molar-refractivity contribution in [3.05, 3.63) is 55.4 Å². The molecule has 0 spiro atoms. The predicted octanol–water partition coefficient (Wildman–Crippen LogP) is 5.59. The lowest BCUT2D eigenvalue weighted by molar-refractivity contribution is 1.45. The number of nitrogens with zero attached hydrogens (tertiary/aromatic N) is 1. The van der Waals surface area contributed by atoms with E-state index >= 15 is 0 Å². The molecule has 0 radical (unpaired) electrons. The Morgan fingerprint density at radius 2 is 1.50 bits per heavy atom. The summed E-state index contributed by atoms with van der Waals surface area (Å²) in [5.41, 5.74) is 2.50. The molecule has 0 aliphatic rings. The lowest BCUT2D eigenvalue weighted by Crippen LogP contribution is -1.93. The second-order valence-corrected chi connectivity index (χ2v) is 6.18. The van der Waals surface area contributed by atoms with Crippen LogP contribution in [0.2, 0.25) is 0 Å². The van der Waals surface area contributed by atoms with Crippen molar-refractivity contribution in [2.45, 2.75) is 0 Å². The Morgan fingerprint density at radius 3 is 2.06 bits per heavy atom. The highest BCUT2D eigenvalue weighted by Gasteiger charge is 2.05. The molecule has 0 aliphatic carbocycles. The molecule has 2 nitrogen and oxygen atoms in total. The summed E-state index contributed by atoms with van der Waals surface area (Å²) in [6.45, 7) is 0. The van der Waals surface area contributed by atoms with E-state index in [1.807, 2.05) is 24.3 Å². The van der Waals surface area contributed by atoms with Gasteiger partial charge in [0.1, 0.15) is 0 Å². The van der Waals surface area contributed by atoms with Crippen LogP contribution in [0.3, 0.4) is 0 Å². The van der Waals surface area contributed by atoms with Crippen LogP contribution in [0.25, 0.3) is 0 Å². The summed E-state index contributed by atoms with van der Waals surface area (Å²) in [6.07, 6.45) is 0. The highest BCUT2D eigenvalue weighted by atomic mass is 79.9. The largest absolute Gasteiger partial charge is 0.354 e.